The minimum atomic E-state index is 0.399. The smallest absolute Gasteiger partial charge is 0.151 e. The highest BCUT2D eigenvalue weighted by atomic mass is 35.5. The second-order valence-electron chi connectivity index (χ2n) is 3.77. The average Bonchev–Trinajstić information content (AvgIpc) is 2.42. The van der Waals surface area contributed by atoms with Gasteiger partial charge in [-0.05, 0) is 36.2 Å². The van der Waals surface area contributed by atoms with Gasteiger partial charge >= 0.3 is 0 Å². The van der Waals surface area contributed by atoms with Gasteiger partial charge in [-0.1, -0.05) is 23.7 Å². The van der Waals surface area contributed by atoms with Crippen molar-refractivity contribution in [3.63, 3.8) is 0 Å². The molecule has 2 rings (SSSR count). The number of nitrogens with zero attached hydrogens (tertiary/aromatic N) is 2. The van der Waals surface area contributed by atoms with E-state index in [0.29, 0.717) is 5.15 Å². The first-order valence-electron chi connectivity index (χ1n) is 5.64. The van der Waals surface area contributed by atoms with E-state index in [9.17, 15) is 0 Å². The molecule has 1 aromatic heterocycles. The van der Waals surface area contributed by atoms with Gasteiger partial charge < -0.3 is 10.1 Å². The summed E-state index contributed by atoms with van der Waals surface area (Å²) in [6, 6.07) is 11.5. The predicted octanol–water partition coefficient (Wildman–Crippen LogP) is 2.79. The molecule has 5 heteroatoms. The molecule has 0 saturated carbocycles. The number of hydrogen-bond acceptors (Lipinski definition) is 4. The van der Waals surface area contributed by atoms with Crippen LogP contribution in [0.4, 0.5) is 5.82 Å². The molecule has 0 bridgehead atoms. The van der Waals surface area contributed by atoms with Crippen LogP contribution in [-0.2, 0) is 6.42 Å². The van der Waals surface area contributed by atoms with Crippen molar-refractivity contribution in [1.82, 2.24) is 10.2 Å². The summed E-state index contributed by atoms with van der Waals surface area (Å²) in [5, 5.41) is 11.3. The Balaban J connectivity index is 1.82. The normalized spacial score (nSPS) is 10.1. The molecule has 0 fully saturated rings. The van der Waals surface area contributed by atoms with E-state index < -0.39 is 0 Å². The Morgan fingerprint density at radius 3 is 2.50 bits per heavy atom. The van der Waals surface area contributed by atoms with Gasteiger partial charge in [0, 0.05) is 6.54 Å². The number of hydrogen-bond donors (Lipinski definition) is 1. The molecule has 1 aromatic carbocycles. The Morgan fingerprint density at radius 2 is 1.89 bits per heavy atom. The zero-order valence-electron chi connectivity index (χ0n) is 10.1. The molecule has 18 heavy (non-hydrogen) atoms. The molecular formula is C13H14ClN3O. The highest BCUT2D eigenvalue weighted by Gasteiger charge is 1.97. The average molecular weight is 264 g/mol. The Hall–Kier alpha value is -1.81. The fourth-order valence-corrected chi connectivity index (χ4v) is 1.64. The van der Waals surface area contributed by atoms with Crippen molar-refractivity contribution in [1.29, 1.82) is 0 Å². The molecule has 2 aromatic rings. The van der Waals surface area contributed by atoms with Crippen LogP contribution >= 0.6 is 11.6 Å². The minimum absolute atomic E-state index is 0.399. The SMILES string of the molecule is COc1ccc(CCNc2ccc(Cl)nn2)cc1. The van der Waals surface area contributed by atoms with E-state index in [0.717, 1.165) is 24.5 Å². The fraction of sp³-hybridized carbons (Fsp3) is 0.231. The summed E-state index contributed by atoms with van der Waals surface area (Å²) in [7, 11) is 1.66. The molecule has 0 amide bonds. The lowest BCUT2D eigenvalue weighted by molar-refractivity contribution is 0.414. The third-order valence-electron chi connectivity index (χ3n) is 2.51. The van der Waals surface area contributed by atoms with Crippen molar-refractivity contribution >= 4 is 17.4 Å². The number of anilines is 1. The van der Waals surface area contributed by atoms with Crippen LogP contribution in [0.25, 0.3) is 0 Å². The maximum absolute atomic E-state index is 5.66. The van der Waals surface area contributed by atoms with E-state index in [-0.39, 0.29) is 0 Å². The van der Waals surface area contributed by atoms with Crippen LogP contribution in [-0.4, -0.2) is 23.9 Å². The van der Waals surface area contributed by atoms with Crippen molar-refractivity contribution in [2.75, 3.05) is 19.0 Å². The van der Waals surface area contributed by atoms with Gasteiger partial charge in [0.2, 0.25) is 0 Å². The Bertz CT molecular complexity index is 485. The van der Waals surface area contributed by atoms with Gasteiger partial charge in [0.25, 0.3) is 0 Å². The van der Waals surface area contributed by atoms with Crippen LogP contribution in [0, 0.1) is 0 Å². The standard InChI is InChI=1S/C13H14ClN3O/c1-18-11-4-2-10(3-5-11)8-9-15-13-7-6-12(14)16-17-13/h2-7H,8-9H2,1H3,(H,15,17). The van der Waals surface area contributed by atoms with E-state index in [1.54, 1.807) is 13.2 Å². The summed E-state index contributed by atoms with van der Waals surface area (Å²) in [5.74, 6) is 1.60. The highest BCUT2D eigenvalue weighted by Crippen LogP contribution is 2.12. The number of methoxy groups -OCH3 is 1. The number of benzene rings is 1. The fourth-order valence-electron chi connectivity index (χ4n) is 1.54. The van der Waals surface area contributed by atoms with Gasteiger partial charge in [-0.25, -0.2) is 0 Å². The number of rotatable bonds is 5. The number of ether oxygens (including phenoxy) is 1. The molecule has 0 unspecified atom stereocenters. The first-order valence-corrected chi connectivity index (χ1v) is 6.02. The van der Waals surface area contributed by atoms with E-state index in [1.807, 2.05) is 30.3 Å². The lowest BCUT2D eigenvalue weighted by Gasteiger charge is -2.05. The zero-order chi connectivity index (χ0) is 12.8. The first-order chi connectivity index (χ1) is 8.78. The van der Waals surface area contributed by atoms with Crippen LogP contribution in [0.2, 0.25) is 5.15 Å². The van der Waals surface area contributed by atoms with E-state index in [4.69, 9.17) is 16.3 Å². The first kappa shape index (κ1) is 12.6. The third kappa shape index (κ3) is 3.60. The summed E-state index contributed by atoms with van der Waals surface area (Å²) in [6.45, 7) is 0.794. The van der Waals surface area contributed by atoms with Gasteiger partial charge in [0.1, 0.15) is 11.6 Å². The van der Waals surface area contributed by atoms with Crippen molar-refractivity contribution in [3.8, 4) is 5.75 Å². The van der Waals surface area contributed by atoms with Gasteiger partial charge in [0.05, 0.1) is 7.11 Å². The molecule has 0 radical (unpaired) electrons. The maximum atomic E-state index is 5.66. The second-order valence-corrected chi connectivity index (χ2v) is 4.15. The van der Waals surface area contributed by atoms with Crippen LogP contribution in [0.1, 0.15) is 5.56 Å². The second kappa shape index (κ2) is 6.21. The molecule has 0 atom stereocenters. The molecule has 0 saturated heterocycles. The quantitative estimate of drug-likeness (QED) is 0.901. The molecule has 0 aliphatic carbocycles. The predicted molar refractivity (Wildman–Crippen MR) is 72.2 cm³/mol. The van der Waals surface area contributed by atoms with E-state index in [1.165, 1.54) is 5.56 Å². The highest BCUT2D eigenvalue weighted by molar-refractivity contribution is 6.29. The topological polar surface area (TPSA) is 47.0 Å². The molecule has 4 nitrogen and oxygen atoms in total. The van der Waals surface area contributed by atoms with Crippen molar-refractivity contribution in [3.05, 3.63) is 47.1 Å². The number of nitrogens with one attached hydrogen (secondary N) is 1. The van der Waals surface area contributed by atoms with Crippen LogP contribution in [0.5, 0.6) is 5.75 Å². The lowest BCUT2D eigenvalue weighted by atomic mass is 10.1. The van der Waals surface area contributed by atoms with Crippen molar-refractivity contribution in [2.24, 2.45) is 0 Å². The van der Waals surface area contributed by atoms with Crippen LogP contribution in [0.3, 0.4) is 0 Å². The van der Waals surface area contributed by atoms with E-state index in [2.05, 4.69) is 15.5 Å². The van der Waals surface area contributed by atoms with Gasteiger partial charge in [-0.15, -0.1) is 10.2 Å². The Kier molecular flexibility index (Phi) is 4.36. The number of halogens is 1. The van der Waals surface area contributed by atoms with Crippen molar-refractivity contribution < 1.29 is 4.74 Å². The molecule has 0 aliphatic rings. The van der Waals surface area contributed by atoms with Gasteiger partial charge in [-0.3, -0.25) is 0 Å². The maximum Gasteiger partial charge on any atom is 0.151 e. The van der Waals surface area contributed by atoms with Crippen molar-refractivity contribution in [2.45, 2.75) is 6.42 Å². The van der Waals surface area contributed by atoms with Gasteiger partial charge in [-0.2, -0.15) is 0 Å². The largest absolute Gasteiger partial charge is 0.497 e. The Labute approximate surface area is 111 Å². The monoisotopic (exact) mass is 263 g/mol. The molecule has 1 heterocycles. The summed E-state index contributed by atoms with van der Waals surface area (Å²) >= 11 is 5.66. The van der Waals surface area contributed by atoms with Gasteiger partial charge in [0.15, 0.2) is 5.15 Å². The van der Waals surface area contributed by atoms with Crippen LogP contribution in [0.15, 0.2) is 36.4 Å². The summed E-state index contributed by atoms with van der Waals surface area (Å²) in [6.07, 6.45) is 0.911. The van der Waals surface area contributed by atoms with E-state index >= 15 is 0 Å². The Morgan fingerprint density at radius 1 is 1.11 bits per heavy atom. The minimum Gasteiger partial charge on any atom is -0.497 e. The molecule has 94 valence electrons. The lowest BCUT2D eigenvalue weighted by Crippen LogP contribution is -2.06. The molecule has 1 N–H and O–H groups in total. The zero-order valence-corrected chi connectivity index (χ0v) is 10.8. The van der Waals surface area contributed by atoms with Crippen LogP contribution < -0.4 is 10.1 Å². The molecular weight excluding hydrogens is 250 g/mol. The number of aromatic nitrogens is 2. The summed E-state index contributed by atoms with van der Waals surface area (Å²) < 4.78 is 5.11. The molecule has 0 aliphatic heterocycles. The summed E-state index contributed by atoms with van der Waals surface area (Å²) in [4.78, 5) is 0. The third-order valence-corrected chi connectivity index (χ3v) is 2.71. The molecule has 0 spiro atoms. The summed E-state index contributed by atoms with van der Waals surface area (Å²) in [5.41, 5.74) is 1.24.